The molecule has 1 unspecified atom stereocenters. The molecule has 1 heterocycles. The molecule has 0 radical (unpaired) electrons. The summed E-state index contributed by atoms with van der Waals surface area (Å²) in [6, 6.07) is 3.65. The van der Waals surface area contributed by atoms with E-state index in [1.54, 1.807) is 6.07 Å². The highest BCUT2D eigenvalue weighted by molar-refractivity contribution is 5.49. The number of aromatic hydroxyl groups is 2. The van der Waals surface area contributed by atoms with Gasteiger partial charge in [-0.3, -0.25) is 4.90 Å². The van der Waals surface area contributed by atoms with Gasteiger partial charge in [-0.1, -0.05) is 26.8 Å². The molecule has 1 fully saturated rings. The van der Waals surface area contributed by atoms with Crippen LogP contribution in [0, 0.1) is 0 Å². The maximum absolute atomic E-state index is 10.1. The second-order valence-electron chi connectivity index (χ2n) is 6.67. The zero-order valence-electron chi connectivity index (χ0n) is 12.8. The van der Waals surface area contributed by atoms with Crippen molar-refractivity contribution in [3.05, 3.63) is 23.3 Å². The van der Waals surface area contributed by atoms with Gasteiger partial charge in [0.2, 0.25) is 0 Å². The standard InChI is InChI=1S/C16H25NO3/c1-11-9-17(5-6-20-11)10-12-7-13(16(2,3)4)8-14(18)15(12)19/h7-8,11,18-19H,5-6,9-10H2,1-4H3. The Balaban J connectivity index is 2.24. The van der Waals surface area contributed by atoms with Crippen molar-refractivity contribution < 1.29 is 14.9 Å². The molecule has 2 N–H and O–H groups in total. The molecule has 0 aromatic heterocycles. The lowest BCUT2D eigenvalue weighted by Crippen LogP contribution is -2.40. The Labute approximate surface area is 121 Å². The number of ether oxygens (including phenoxy) is 1. The molecule has 4 heteroatoms. The van der Waals surface area contributed by atoms with Crippen molar-refractivity contribution in [2.24, 2.45) is 0 Å². The number of nitrogens with zero attached hydrogens (tertiary/aromatic N) is 1. The maximum atomic E-state index is 10.1. The van der Waals surface area contributed by atoms with E-state index in [0.29, 0.717) is 13.2 Å². The van der Waals surface area contributed by atoms with Crippen LogP contribution in [0.4, 0.5) is 0 Å². The quantitative estimate of drug-likeness (QED) is 0.817. The van der Waals surface area contributed by atoms with E-state index in [1.165, 1.54) is 0 Å². The van der Waals surface area contributed by atoms with Gasteiger partial charge in [0, 0.05) is 25.2 Å². The first-order valence-corrected chi connectivity index (χ1v) is 7.16. The summed E-state index contributed by atoms with van der Waals surface area (Å²) in [5.74, 6) is -0.0362. The number of hydrogen-bond donors (Lipinski definition) is 2. The van der Waals surface area contributed by atoms with Gasteiger partial charge in [0.1, 0.15) is 0 Å². The molecular weight excluding hydrogens is 254 g/mol. The van der Waals surface area contributed by atoms with Crippen molar-refractivity contribution in [3.63, 3.8) is 0 Å². The van der Waals surface area contributed by atoms with E-state index in [-0.39, 0.29) is 23.0 Å². The number of benzene rings is 1. The van der Waals surface area contributed by atoms with Gasteiger partial charge >= 0.3 is 0 Å². The van der Waals surface area contributed by atoms with Gasteiger partial charge in [0.05, 0.1) is 12.7 Å². The zero-order valence-corrected chi connectivity index (χ0v) is 12.8. The lowest BCUT2D eigenvalue weighted by Gasteiger charge is -2.31. The molecule has 0 saturated carbocycles. The number of hydrogen-bond acceptors (Lipinski definition) is 4. The first-order chi connectivity index (χ1) is 9.27. The van der Waals surface area contributed by atoms with Crippen molar-refractivity contribution >= 4 is 0 Å². The summed E-state index contributed by atoms with van der Waals surface area (Å²) in [5, 5.41) is 20.0. The molecule has 112 valence electrons. The van der Waals surface area contributed by atoms with E-state index in [9.17, 15) is 10.2 Å². The highest BCUT2D eigenvalue weighted by Crippen LogP contribution is 2.35. The predicted octanol–water partition coefficient (Wildman–Crippen LogP) is 2.62. The van der Waals surface area contributed by atoms with Gasteiger partial charge in [0.25, 0.3) is 0 Å². The van der Waals surface area contributed by atoms with E-state index >= 15 is 0 Å². The summed E-state index contributed by atoms with van der Waals surface area (Å²) in [5.41, 5.74) is 1.76. The van der Waals surface area contributed by atoms with Crippen LogP contribution in [0.2, 0.25) is 0 Å². The van der Waals surface area contributed by atoms with Crippen LogP contribution in [-0.2, 0) is 16.7 Å². The van der Waals surface area contributed by atoms with E-state index in [4.69, 9.17) is 4.74 Å². The zero-order chi connectivity index (χ0) is 14.9. The second-order valence-corrected chi connectivity index (χ2v) is 6.67. The summed E-state index contributed by atoms with van der Waals surface area (Å²) >= 11 is 0. The van der Waals surface area contributed by atoms with Crippen molar-refractivity contribution in [3.8, 4) is 11.5 Å². The first kappa shape index (κ1) is 15.1. The molecule has 0 bridgehead atoms. The molecule has 1 aromatic carbocycles. The van der Waals surface area contributed by atoms with Gasteiger partial charge < -0.3 is 14.9 Å². The van der Waals surface area contributed by atoms with Crippen LogP contribution in [0.3, 0.4) is 0 Å². The Hall–Kier alpha value is -1.26. The Morgan fingerprint density at radius 3 is 2.60 bits per heavy atom. The molecule has 2 rings (SSSR count). The summed E-state index contributed by atoms with van der Waals surface area (Å²) in [7, 11) is 0. The van der Waals surface area contributed by atoms with Gasteiger partial charge in [-0.15, -0.1) is 0 Å². The molecule has 1 aliphatic heterocycles. The normalized spacial score (nSPS) is 21.1. The first-order valence-electron chi connectivity index (χ1n) is 7.16. The Kier molecular flexibility index (Phi) is 4.25. The fourth-order valence-electron chi connectivity index (χ4n) is 2.51. The Morgan fingerprint density at radius 2 is 2.00 bits per heavy atom. The van der Waals surface area contributed by atoms with Crippen LogP contribution in [0.25, 0.3) is 0 Å². The highest BCUT2D eigenvalue weighted by Gasteiger charge is 2.22. The largest absolute Gasteiger partial charge is 0.504 e. The van der Waals surface area contributed by atoms with Crippen molar-refractivity contribution in [1.29, 1.82) is 0 Å². The van der Waals surface area contributed by atoms with Crippen LogP contribution in [0.15, 0.2) is 12.1 Å². The molecule has 4 nitrogen and oxygen atoms in total. The predicted molar refractivity (Wildman–Crippen MR) is 79.2 cm³/mol. The molecule has 0 amide bonds. The lowest BCUT2D eigenvalue weighted by molar-refractivity contribution is -0.0214. The third kappa shape index (κ3) is 3.44. The average Bonchev–Trinajstić information content (AvgIpc) is 2.33. The number of phenols is 2. The lowest BCUT2D eigenvalue weighted by atomic mass is 9.85. The minimum Gasteiger partial charge on any atom is -0.504 e. The monoisotopic (exact) mass is 279 g/mol. The molecule has 1 aromatic rings. The van der Waals surface area contributed by atoms with Crippen molar-refractivity contribution in [2.75, 3.05) is 19.7 Å². The molecule has 1 atom stereocenters. The van der Waals surface area contributed by atoms with Crippen molar-refractivity contribution in [1.82, 2.24) is 4.90 Å². The topological polar surface area (TPSA) is 52.9 Å². The molecular formula is C16H25NO3. The number of rotatable bonds is 2. The number of phenolic OH excluding ortho intramolecular Hbond substituents is 2. The molecule has 0 spiro atoms. The fraction of sp³-hybridized carbons (Fsp3) is 0.625. The summed E-state index contributed by atoms with van der Waals surface area (Å²) in [4.78, 5) is 2.25. The maximum Gasteiger partial charge on any atom is 0.162 e. The Morgan fingerprint density at radius 1 is 1.30 bits per heavy atom. The van der Waals surface area contributed by atoms with Crippen molar-refractivity contribution in [2.45, 2.75) is 45.8 Å². The van der Waals surface area contributed by atoms with E-state index in [1.807, 2.05) is 6.07 Å². The van der Waals surface area contributed by atoms with E-state index < -0.39 is 0 Å². The highest BCUT2D eigenvalue weighted by atomic mass is 16.5. The molecule has 1 aliphatic rings. The van der Waals surface area contributed by atoms with Gasteiger partial charge in [0.15, 0.2) is 11.5 Å². The van der Waals surface area contributed by atoms with Gasteiger partial charge in [-0.2, -0.15) is 0 Å². The smallest absolute Gasteiger partial charge is 0.162 e. The van der Waals surface area contributed by atoms with Gasteiger partial charge in [-0.05, 0) is 24.0 Å². The minimum atomic E-state index is -0.0573. The molecule has 20 heavy (non-hydrogen) atoms. The summed E-state index contributed by atoms with van der Waals surface area (Å²) < 4.78 is 5.52. The van der Waals surface area contributed by atoms with Gasteiger partial charge in [-0.25, -0.2) is 0 Å². The molecule has 0 aliphatic carbocycles. The van der Waals surface area contributed by atoms with Crippen LogP contribution in [0.5, 0.6) is 11.5 Å². The fourth-order valence-corrected chi connectivity index (χ4v) is 2.51. The van der Waals surface area contributed by atoms with Crippen LogP contribution in [0.1, 0.15) is 38.8 Å². The summed E-state index contributed by atoms with van der Waals surface area (Å²) in [6.45, 7) is 11.4. The second kappa shape index (κ2) is 5.62. The average molecular weight is 279 g/mol. The SMILES string of the molecule is CC1CN(Cc2cc(C(C)(C)C)cc(O)c2O)CCO1. The molecule has 1 saturated heterocycles. The Bertz CT molecular complexity index is 479. The van der Waals surface area contributed by atoms with E-state index in [0.717, 1.165) is 24.2 Å². The number of morpholine rings is 1. The van der Waals surface area contributed by atoms with Crippen LogP contribution in [-0.4, -0.2) is 40.9 Å². The van der Waals surface area contributed by atoms with E-state index in [2.05, 4.69) is 32.6 Å². The third-order valence-electron chi connectivity index (χ3n) is 3.75. The summed E-state index contributed by atoms with van der Waals surface area (Å²) in [6.07, 6.45) is 0.213. The third-order valence-corrected chi connectivity index (χ3v) is 3.75. The van der Waals surface area contributed by atoms with Crippen LogP contribution < -0.4 is 0 Å². The van der Waals surface area contributed by atoms with Crippen LogP contribution >= 0.6 is 0 Å². The minimum absolute atomic E-state index is 0.00264.